The van der Waals surface area contributed by atoms with Gasteiger partial charge in [-0.2, -0.15) is 0 Å². The topological polar surface area (TPSA) is 50.4 Å². The van der Waals surface area contributed by atoms with E-state index < -0.39 is 0 Å². The fraction of sp³-hybridized carbons (Fsp3) is 0.667. The molecule has 3 nitrogen and oxygen atoms in total. The van der Waals surface area contributed by atoms with E-state index in [9.17, 15) is 0 Å². The first-order valence-electron chi connectivity index (χ1n) is 4.39. The summed E-state index contributed by atoms with van der Waals surface area (Å²) in [6.45, 7) is 6.33. The molecule has 0 spiro atoms. The van der Waals surface area contributed by atoms with E-state index in [4.69, 9.17) is 5.73 Å². The lowest BCUT2D eigenvalue weighted by Crippen LogP contribution is -2.43. The number of nitrogens with one attached hydrogen (secondary N) is 1. The van der Waals surface area contributed by atoms with Gasteiger partial charge in [0.1, 0.15) is 0 Å². The van der Waals surface area contributed by atoms with Gasteiger partial charge in [-0.05, 0) is 26.2 Å². The second-order valence-electron chi connectivity index (χ2n) is 3.43. The van der Waals surface area contributed by atoms with Crippen molar-refractivity contribution in [1.82, 2.24) is 5.32 Å². The number of halogens is 1. The van der Waals surface area contributed by atoms with Crippen LogP contribution in [0.1, 0.15) is 26.2 Å². The Morgan fingerprint density at radius 3 is 2.62 bits per heavy atom. The van der Waals surface area contributed by atoms with Gasteiger partial charge in [-0.25, -0.2) is 4.99 Å². The zero-order valence-corrected chi connectivity index (χ0v) is 10.4. The van der Waals surface area contributed by atoms with Crippen LogP contribution < -0.4 is 11.1 Å². The van der Waals surface area contributed by atoms with Crippen molar-refractivity contribution >= 4 is 29.9 Å². The fourth-order valence-corrected chi connectivity index (χ4v) is 1.03. The molecule has 1 rings (SSSR count). The molecular formula is C9H18IN3. The molecule has 3 N–H and O–H groups in total. The molecule has 76 valence electrons. The van der Waals surface area contributed by atoms with Gasteiger partial charge < -0.3 is 11.1 Å². The molecule has 4 heteroatoms. The molecule has 0 heterocycles. The summed E-state index contributed by atoms with van der Waals surface area (Å²) in [7, 11) is 0. The molecule has 0 aromatic heterocycles. The average Bonchev–Trinajstić information content (AvgIpc) is 1.93. The van der Waals surface area contributed by atoms with Crippen molar-refractivity contribution in [2.45, 2.75) is 32.2 Å². The molecule has 0 radical (unpaired) electrons. The third-order valence-corrected chi connectivity index (χ3v) is 1.98. The summed E-state index contributed by atoms with van der Waals surface area (Å²) in [5.74, 6) is 0.558. The summed E-state index contributed by atoms with van der Waals surface area (Å²) in [4.78, 5) is 4.13. The quantitative estimate of drug-likeness (QED) is 0.360. The Kier molecular flexibility index (Phi) is 6.11. The smallest absolute Gasteiger partial charge is 0.189 e. The number of hydrogen-bond donors (Lipinski definition) is 2. The predicted molar refractivity (Wildman–Crippen MR) is 67.5 cm³/mol. The molecular weight excluding hydrogens is 277 g/mol. The van der Waals surface area contributed by atoms with Crippen molar-refractivity contribution in [2.24, 2.45) is 10.7 Å². The van der Waals surface area contributed by atoms with Crippen molar-refractivity contribution < 1.29 is 0 Å². The van der Waals surface area contributed by atoms with Crippen LogP contribution in [0, 0.1) is 0 Å². The van der Waals surface area contributed by atoms with Crippen LogP contribution in [0.3, 0.4) is 0 Å². The first-order valence-corrected chi connectivity index (χ1v) is 4.39. The van der Waals surface area contributed by atoms with Gasteiger partial charge in [0.2, 0.25) is 0 Å². The minimum absolute atomic E-state index is 0. The van der Waals surface area contributed by atoms with E-state index in [1.165, 1.54) is 19.3 Å². The van der Waals surface area contributed by atoms with Crippen molar-refractivity contribution in [3.63, 3.8) is 0 Å². The van der Waals surface area contributed by atoms with Gasteiger partial charge in [-0.15, -0.1) is 24.0 Å². The van der Waals surface area contributed by atoms with Gasteiger partial charge in [-0.1, -0.05) is 12.2 Å². The highest BCUT2D eigenvalue weighted by molar-refractivity contribution is 14.0. The Labute approximate surface area is 96.9 Å². The van der Waals surface area contributed by atoms with Crippen LogP contribution in [-0.4, -0.2) is 18.5 Å². The normalized spacial score (nSPS) is 17.2. The second kappa shape index (κ2) is 6.23. The summed E-state index contributed by atoms with van der Waals surface area (Å²) in [6.07, 6.45) is 3.76. The first kappa shape index (κ1) is 12.7. The molecule has 0 aromatic rings. The van der Waals surface area contributed by atoms with Gasteiger partial charge >= 0.3 is 0 Å². The molecule has 13 heavy (non-hydrogen) atoms. The highest BCUT2D eigenvalue weighted by Gasteiger charge is 2.16. The second-order valence-corrected chi connectivity index (χ2v) is 3.43. The average molecular weight is 295 g/mol. The highest BCUT2D eigenvalue weighted by Crippen LogP contribution is 2.17. The lowest BCUT2D eigenvalue weighted by molar-refractivity contribution is 0.382. The zero-order valence-electron chi connectivity index (χ0n) is 8.05. The van der Waals surface area contributed by atoms with Crippen LogP contribution in [0.5, 0.6) is 0 Å². The first-order chi connectivity index (χ1) is 5.68. The Bertz CT molecular complexity index is 197. The van der Waals surface area contributed by atoms with Crippen LogP contribution in [0.2, 0.25) is 0 Å². The van der Waals surface area contributed by atoms with Crippen LogP contribution in [0.25, 0.3) is 0 Å². The van der Waals surface area contributed by atoms with Gasteiger partial charge in [0.05, 0.1) is 6.54 Å². The standard InChI is InChI=1S/C9H17N3.HI/c1-7(2)6-11-9(10)12-8-4-3-5-8;/h8H,1,3-6H2,2H3,(H3,10,11,12);1H. The predicted octanol–water partition coefficient (Wildman–Crippen LogP) is 1.64. The summed E-state index contributed by atoms with van der Waals surface area (Å²) in [5, 5.41) is 3.16. The minimum atomic E-state index is 0. The summed E-state index contributed by atoms with van der Waals surface area (Å²) in [6, 6.07) is 0.568. The van der Waals surface area contributed by atoms with Crippen molar-refractivity contribution in [3.8, 4) is 0 Å². The van der Waals surface area contributed by atoms with Gasteiger partial charge in [0, 0.05) is 6.04 Å². The summed E-state index contributed by atoms with van der Waals surface area (Å²) >= 11 is 0. The van der Waals surface area contributed by atoms with E-state index in [0.29, 0.717) is 18.5 Å². The number of nitrogens with zero attached hydrogens (tertiary/aromatic N) is 1. The SMILES string of the molecule is C=C(C)CN=C(N)NC1CCC1.I. The molecule has 1 fully saturated rings. The lowest BCUT2D eigenvalue weighted by atomic mass is 9.93. The summed E-state index contributed by atoms with van der Waals surface area (Å²) in [5.41, 5.74) is 6.67. The van der Waals surface area contributed by atoms with Crippen LogP contribution >= 0.6 is 24.0 Å². The molecule has 0 bridgehead atoms. The Morgan fingerprint density at radius 1 is 1.62 bits per heavy atom. The number of rotatable bonds is 3. The number of guanidine groups is 1. The van der Waals surface area contributed by atoms with Crippen LogP contribution in [0.4, 0.5) is 0 Å². The maximum Gasteiger partial charge on any atom is 0.189 e. The molecule has 0 aromatic carbocycles. The molecule has 0 amide bonds. The molecule has 1 saturated carbocycles. The molecule has 0 saturated heterocycles. The third kappa shape index (κ3) is 5.13. The summed E-state index contributed by atoms with van der Waals surface area (Å²) < 4.78 is 0. The minimum Gasteiger partial charge on any atom is -0.370 e. The van der Waals surface area contributed by atoms with Gasteiger partial charge in [0.15, 0.2) is 5.96 Å². The van der Waals surface area contributed by atoms with E-state index in [0.717, 1.165) is 5.57 Å². The Balaban J connectivity index is 0.00000144. The van der Waals surface area contributed by atoms with Gasteiger partial charge in [-0.3, -0.25) is 0 Å². The molecule has 1 aliphatic carbocycles. The zero-order chi connectivity index (χ0) is 8.97. The molecule has 0 aliphatic heterocycles. The van der Waals surface area contributed by atoms with Crippen molar-refractivity contribution in [1.29, 1.82) is 0 Å². The van der Waals surface area contributed by atoms with Crippen molar-refractivity contribution in [3.05, 3.63) is 12.2 Å². The molecule has 0 atom stereocenters. The van der Waals surface area contributed by atoms with E-state index in [-0.39, 0.29) is 24.0 Å². The number of nitrogens with two attached hydrogens (primary N) is 1. The maximum absolute atomic E-state index is 5.63. The largest absolute Gasteiger partial charge is 0.370 e. The van der Waals surface area contributed by atoms with Gasteiger partial charge in [0.25, 0.3) is 0 Å². The van der Waals surface area contributed by atoms with E-state index in [1.54, 1.807) is 0 Å². The monoisotopic (exact) mass is 295 g/mol. The maximum atomic E-state index is 5.63. The van der Waals surface area contributed by atoms with E-state index in [2.05, 4.69) is 16.9 Å². The van der Waals surface area contributed by atoms with Crippen LogP contribution in [0.15, 0.2) is 17.1 Å². The van der Waals surface area contributed by atoms with Crippen molar-refractivity contribution in [2.75, 3.05) is 6.54 Å². The highest BCUT2D eigenvalue weighted by atomic mass is 127. The lowest BCUT2D eigenvalue weighted by Gasteiger charge is -2.26. The number of aliphatic imine (C=N–C) groups is 1. The Morgan fingerprint density at radius 2 is 2.23 bits per heavy atom. The Hall–Kier alpha value is -0.260. The fourth-order valence-electron chi connectivity index (χ4n) is 1.03. The van der Waals surface area contributed by atoms with E-state index >= 15 is 0 Å². The third-order valence-electron chi connectivity index (χ3n) is 1.98. The van der Waals surface area contributed by atoms with E-state index in [1.807, 2.05) is 6.92 Å². The molecule has 0 unspecified atom stereocenters. The molecule has 1 aliphatic rings. The van der Waals surface area contributed by atoms with Crippen LogP contribution in [-0.2, 0) is 0 Å². The number of hydrogen-bond acceptors (Lipinski definition) is 1.